The standard InChI is InChI=1S/C27H34O4/c1-7-9-25-22(17-24(30-19(3)4)18-27(25)31-20(5)6)12-15-26(28)21-10-13-23(14-11-21)29-16-8-2/h7,10-15,17-20H,1,8-9,16H2,2-6H3/b15-12+. The predicted molar refractivity (Wildman–Crippen MR) is 127 cm³/mol. The highest BCUT2D eigenvalue weighted by atomic mass is 16.5. The summed E-state index contributed by atoms with van der Waals surface area (Å²) in [6.45, 7) is 14.5. The first-order valence-corrected chi connectivity index (χ1v) is 10.9. The third kappa shape index (κ3) is 7.63. The van der Waals surface area contributed by atoms with Crippen LogP contribution >= 0.6 is 0 Å². The average Bonchev–Trinajstić information content (AvgIpc) is 2.72. The number of ketones is 1. The molecule has 0 fully saturated rings. The van der Waals surface area contributed by atoms with Crippen LogP contribution < -0.4 is 14.2 Å². The van der Waals surface area contributed by atoms with Crippen LogP contribution in [-0.4, -0.2) is 24.6 Å². The van der Waals surface area contributed by atoms with Crippen LogP contribution in [0.5, 0.6) is 17.2 Å². The van der Waals surface area contributed by atoms with E-state index in [1.54, 1.807) is 18.2 Å². The number of carbonyl (C=O) groups is 1. The van der Waals surface area contributed by atoms with Gasteiger partial charge in [0.05, 0.1) is 18.8 Å². The van der Waals surface area contributed by atoms with Gasteiger partial charge in [-0.1, -0.05) is 19.1 Å². The maximum atomic E-state index is 12.7. The summed E-state index contributed by atoms with van der Waals surface area (Å²) in [6.07, 6.45) is 6.86. The first-order chi connectivity index (χ1) is 14.8. The molecule has 2 rings (SSSR count). The second-order valence-electron chi connectivity index (χ2n) is 7.89. The molecule has 0 aromatic heterocycles. The summed E-state index contributed by atoms with van der Waals surface area (Å²) in [7, 11) is 0. The van der Waals surface area contributed by atoms with Gasteiger partial charge in [0.15, 0.2) is 5.78 Å². The molecule has 31 heavy (non-hydrogen) atoms. The van der Waals surface area contributed by atoms with Crippen LogP contribution in [0.3, 0.4) is 0 Å². The Bertz CT molecular complexity index is 892. The Morgan fingerprint density at radius 2 is 1.68 bits per heavy atom. The molecule has 4 heteroatoms. The summed E-state index contributed by atoms with van der Waals surface area (Å²) in [4.78, 5) is 12.7. The molecule has 0 saturated heterocycles. The fraction of sp³-hybridized carbons (Fsp3) is 0.370. The molecule has 0 unspecified atom stereocenters. The van der Waals surface area contributed by atoms with Gasteiger partial charge in [-0.3, -0.25) is 4.79 Å². The summed E-state index contributed by atoms with van der Waals surface area (Å²) in [5.74, 6) is 2.15. The topological polar surface area (TPSA) is 44.8 Å². The van der Waals surface area contributed by atoms with Crippen LogP contribution in [-0.2, 0) is 6.42 Å². The molecule has 0 aliphatic carbocycles. The zero-order valence-electron chi connectivity index (χ0n) is 19.3. The van der Waals surface area contributed by atoms with Gasteiger partial charge in [0.25, 0.3) is 0 Å². The van der Waals surface area contributed by atoms with Crippen molar-refractivity contribution in [2.45, 2.75) is 59.7 Å². The average molecular weight is 423 g/mol. The number of rotatable bonds is 12. The Morgan fingerprint density at radius 3 is 2.26 bits per heavy atom. The molecule has 0 amide bonds. The van der Waals surface area contributed by atoms with E-state index in [9.17, 15) is 4.79 Å². The van der Waals surface area contributed by atoms with Gasteiger partial charge in [-0.15, -0.1) is 6.58 Å². The maximum absolute atomic E-state index is 12.7. The Labute approximate surface area is 186 Å². The third-order valence-electron chi connectivity index (χ3n) is 4.33. The number of ether oxygens (including phenoxy) is 3. The van der Waals surface area contributed by atoms with Crippen LogP contribution in [0.4, 0.5) is 0 Å². The van der Waals surface area contributed by atoms with Gasteiger partial charge < -0.3 is 14.2 Å². The van der Waals surface area contributed by atoms with E-state index in [1.807, 2.05) is 64.1 Å². The van der Waals surface area contributed by atoms with Crippen molar-refractivity contribution in [3.05, 3.63) is 71.8 Å². The van der Waals surface area contributed by atoms with Crippen molar-refractivity contribution in [3.8, 4) is 17.2 Å². The molecule has 0 spiro atoms. The quantitative estimate of drug-likeness (QED) is 0.218. The minimum absolute atomic E-state index is 0.0183. The molecule has 0 aliphatic heterocycles. The molecule has 0 radical (unpaired) electrons. The molecular weight excluding hydrogens is 388 g/mol. The van der Waals surface area contributed by atoms with Crippen molar-refractivity contribution in [3.63, 3.8) is 0 Å². The smallest absolute Gasteiger partial charge is 0.185 e. The van der Waals surface area contributed by atoms with E-state index in [0.29, 0.717) is 24.3 Å². The van der Waals surface area contributed by atoms with Gasteiger partial charge in [-0.2, -0.15) is 0 Å². The molecule has 166 valence electrons. The number of allylic oxidation sites excluding steroid dienone is 2. The lowest BCUT2D eigenvalue weighted by Gasteiger charge is -2.19. The van der Waals surface area contributed by atoms with Gasteiger partial charge in [0, 0.05) is 17.2 Å². The van der Waals surface area contributed by atoms with Crippen LogP contribution in [0.25, 0.3) is 6.08 Å². The second-order valence-corrected chi connectivity index (χ2v) is 7.89. The minimum Gasteiger partial charge on any atom is -0.494 e. The number of hydrogen-bond donors (Lipinski definition) is 0. The molecule has 2 aromatic rings. The van der Waals surface area contributed by atoms with Crippen molar-refractivity contribution in [2.75, 3.05) is 6.61 Å². The lowest BCUT2D eigenvalue weighted by Crippen LogP contribution is -2.10. The zero-order chi connectivity index (χ0) is 22.8. The Morgan fingerprint density at radius 1 is 1.00 bits per heavy atom. The number of benzene rings is 2. The molecule has 0 N–H and O–H groups in total. The van der Waals surface area contributed by atoms with Crippen molar-refractivity contribution in [1.82, 2.24) is 0 Å². The molecule has 2 aromatic carbocycles. The summed E-state index contributed by atoms with van der Waals surface area (Å²) in [5.41, 5.74) is 2.47. The van der Waals surface area contributed by atoms with Gasteiger partial charge in [0.2, 0.25) is 0 Å². The van der Waals surface area contributed by atoms with Gasteiger partial charge >= 0.3 is 0 Å². The normalized spacial score (nSPS) is 11.2. The van der Waals surface area contributed by atoms with Crippen molar-refractivity contribution in [2.24, 2.45) is 0 Å². The monoisotopic (exact) mass is 422 g/mol. The van der Waals surface area contributed by atoms with Gasteiger partial charge in [-0.05, 0) is 82.5 Å². The van der Waals surface area contributed by atoms with Gasteiger partial charge in [-0.25, -0.2) is 0 Å². The summed E-state index contributed by atoms with van der Waals surface area (Å²) in [5, 5.41) is 0. The first kappa shape index (κ1) is 24.3. The highest BCUT2D eigenvalue weighted by Crippen LogP contribution is 2.32. The number of carbonyl (C=O) groups excluding carboxylic acids is 1. The van der Waals surface area contributed by atoms with E-state index in [2.05, 4.69) is 13.5 Å². The maximum Gasteiger partial charge on any atom is 0.185 e. The second kappa shape index (κ2) is 12.0. The minimum atomic E-state index is -0.0758. The summed E-state index contributed by atoms with van der Waals surface area (Å²) < 4.78 is 17.5. The third-order valence-corrected chi connectivity index (χ3v) is 4.33. The summed E-state index contributed by atoms with van der Waals surface area (Å²) >= 11 is 0. The first-order valence-electron chi connectivity index (χ1n) is 10.9. The van der Waals surface area contributed by atoms with Crippen LogP contribution in [0.15, 0.2) is 55.1 Å². The lowest BCUT2D eigenvalue weighted by atomic mass is 10.0. The Kier molecular flexibility index (Phi) is 9.39. The molecule has 0 aliphatic rings. The molecule has 0 atom stereocenters. The molecule has 0 heterocycles. The van der Waals surface area contributed by atoms with Crippen molar-refractivity contribution >= 4 is 11.9 Å². The predicted octanol–water partition coefficient (Wildman–Crippen LogP) is 6.67. The van der Waals surface area contributed by atoms with E-state index in [0.717, 1.165) is 29.0 Å². The lowest BCUT2D eigenvalue weighted by molar-refractivity contribution is 0.104. The van der Waals surface area contributed by atoms with E-state index in [1.165, 1.54) is 0 Å². The van der Waals surface area contributed by atoms with E-state index >= 15 is 0 Å². The fourth-order valence-electron chi connectivity index (χ4n) is 3.05. The Balaban J connectivity index is 2.34. The molecule has 0 bridgehead atoms. The van der Waals surface area contributed by atoms with Crippen molar-refractivity contribution in [1.29, 1.82) is 0 Å². The zero-order valence-corrected chi connectivity index (χ0v) is 19.3. The molecule has 0 saturated carbocycles. The largest absolute Gasteiger partial charge is 0.494 e. The van der Waals surface area contributed by atoms with Crippen LogP contribution in [0, 0.1) is 0 Å². The summed E-state index contributed by atoms with van der Waals surface area (Å²) in [6, 6.07) is 11.1. The fourth-order valence-corrected chi connectivity index (χ4v) is 3.05. The van der Waals surface area contributed by atoms with Gasteiger partial charge in [0.1, 0.15) is 17.2 Å². The van der Waals surface area contributed by atoms with Crippen molar-refractivity contribution < 1.29 is 19.0 Å². The highest BCUT2D eigenvalue weighted by Gasteiger charge is 2.13. The van der Waals surface area contributed by atoms with E-state index in [4.69, 9.17) is 14.2 Å². The molecule has 4 nitrogen and oxygen atoms in total. The number of hydrogen-bond acceptors (Lipinski definition) is 4. The van der Waals surface area contributed by atoms with Crippen LogP contribution in [0.2, 0.25) is 0 Å². The highest BCUT2D eigenvalue weighted by molar-refractivity contribution is 6.07. The SMILES string of the molecule is C=CCc1c(/C=C/C(=O)c2ccc(OCCC)cc2)cc(OC(C)C)cc1OC(C)C. The van der Waals surface area contributed by atoms with Crippen LogP contribution in [0.1, 0.15) is 62.5 Å². The van der Waals surface area contributed by atoms with E-state index in [-0.39, 0.29) is 18.0 Å². The Hall–Kier alpha value is -3.01. The van der Waals surface area contributed by atoms with E-state index < -0.39 is 0 Å². The molecular formula is C27H34O4.